The third kappa shape index (κ3) is 4.03. The molecule has 1 amide bonds. The lowest BCUT2D eigenvalue weighted by Crippen LogP contribution is -2.50. The minimum Gasteiger partial charge on any atom is -0.480 e. The lowest BCUT2D eigenvalue weighted by molar-refractivity contribution is -0.143. The Bertz CT molecular complexity index is 582. The van der Waals surface area contributed by atoms with Gasteiger partial charge in [-0.25, -0.2) is 0 Å². The Kier molecular flexibility index (Phi) is 5.03. The third-order valence-electron chi connectivity index (χ3n) is 3.38. The SMILES string of the molecule is NC1(C(=O)O)CCN(CC(=O)Nc2ccc(Br)cc2Br)C1. The van der Waals surface area contributed by atoms with Gasteiger partial charge in [0.2, 0.25) is 5.91 Å². The average molecular weight is 421 g/mol. The highest BCUT2D eigenvalue weighted by Crippen LogP contribution is 2.26. The lowest BCUT2D eigenvalue weighted by Gasteiger charge is -2.19. The second-order valence-corrected chi connectivity index (χ2v) is 6.86. The number of likely N-dealkylation sites (tertiary alicyclic amines) is 1. The Balaban J connectivity index is 1.93. The summed E-state index contributed by atoms with van der Waals surface area (Å²) in [6, 6.07) is 5.44. The lowest BCUT2D eigenvalue weighted by atomic mass is 10.0. The molecule has 0 aromatic heterocycles. The number of halogens is 2. The van der Waals surface area contributed by atoms with Crippen molar-refractivity contribution < 1.29 is 14.7 Å². The van der Waals surface area contributed by atoms with E-state index in [0.29, 0.717) is 18.7 Å². The van der Waals surface area contributed by atoms with E-state index in [0.717, 1.165) is 8.95 Å². The number of nitrogens with two attached hydrogens (primary N) is 1. The molecule has 1 aliphatic rings. The van der Waals surface area contributed by atoms with Crippen molar-refractivity contribution in [2.45, 2.75) is 12.0 Å². The summed E-state index contributed by atoms with van der Waals surface area (Å²) in [6.07, 6.45) is 0.345. The van der Waals surface area contributed by atoms with E-state index in [1.54, 1.807) is 11.0 Å². The number of rotatable bonds is 4. The van der Waals surface area contributed by atoms with Crippen LogP contribution in [0.2, 0.25) is 0 Å². The van der Waals surface area contributed by atoms with E-state index in [1.165, 1.54) is 0 Å². The van der Waals surface area contributed by atoms with Gasteiger partial charge in [-0.1, -0.05) is 15.9 Å². The second-order valence-electron chi connectivity index (χ2n) is 5.09. The summed E-state index contributed by atoms with van der Waals surface area (Å²) in [7, 11) is 0. The smallest absolute Gasteiger partial charge is 0.325 e. The maximum atomic E-state index is 12.0. The fraction of sp³-hybridized carbons (Fsp3) is 0.385. The summed E-state index contributed by atoms with van der Waals surface area (Å²) in [5.41, 5.74) is 5.19. The van der Waals surface area contributed by atoms with Crippen molar-refractivity contribution in [3.05, 3.63) is 27.1 Å². The Morgan fingerprint density at radius 1 is 1.43 bits per heavy atom. The van der Waals surface area contributed by atoms with Crippen LogP contribution in [0.3, 0.4) is 0 Å². The van der Waals surface area contributed by atoms with Crippen LogP contribution >= 0.6 is 31.9 Å². The number of benzene rings is 1. The first-order chi connectivity index (χ1) is 9.80. The van der Waals surface area contributed by atoms with Crippen molar-refractivity contribution in [2.24, 2.45) is 5.73 Å². The highest BCUT2D eigenvalue weighted by Gasteiger charge is 2.41. The number of carbonyl (C=O) groups is 2. The summed E-state index contributed by atoms with van der Waals surface area (Å²) < 4.78 is 1.67. The minimum atomic E-state index is -1.25. The Morgan fingerprint density at radius 2 is 2.14 bits per heavy atom. The van der Waals surface area contributed by atoms with Crippen molar-refractivity contribution in [3.63, 3.8) is 0 Å². The maximum absolute atomic E-state index is 12.0. The van der Waals surface area contributed by atoms with Gasteiger partial charge in [0.15, 0.2) is 0 Å². The summed E-state index contributed by atoms with van der Waals surface area (Å²) in [5.74, 6) is -1.23. The zero-order valence-corrected chi connectivity index (χ0v) is 14.3. The molecule has 1 aliphatic heterocycles. The van der Waals surface area contributed by atoms with E-state index < -0.39 is 11.5 Å². The standard InChI is InChI=1S/C13H15Br2N3O3/c14-8-1-2-10(9(15)5-8)17-11(19)6-18-4-3-13(16,7-18)12(20)21/h1-2,5H,3-4,6-7,16H2,(H,17,19)(H,20,21). The number of carbonyl (C=O) groups excluding carboxylic acids is 1. The highest BCUT2D eigenvalue weighted by atomic mass is 79.9. The molecule has 21 heavy (non-hydrogen) atoms. The van der Waals surface area contributed by atoms with E-state index >= 15 is 0 Å². The van der Waals surface area contributed by atoms with Gasteiger partial charge in [-0.15, -0.1) is 0 Å². The second kappa shape index (κ2) is 6.43. The normalized spacial score (nSPS) is 22.2. The Hall–Kier alpha value is -0.960. The van der Waals surface area contributed by atoms with Gasteiger partial charge in [-0.05, 0) is 40.5 Å². The fourth-order valence-electron chi connectivity index (χ4n) is 2.21. The number of hydrogen-bond acceptors (Lipinski definition) is 4. The predicted octanol–water partition coefficient (Wildman–Crippen LogP) is 1.64. The zero-order valence-electron chi connectivity index (χ0n) is 11.1. The number of nitrogens with one attached hydrogen (secondary N) is 1. The monoisotopic (exact) mass is 419 g/mol. The molecule has 1 saturated heterocycles. The number of hydrogen-bond donors (Lipinski definition) is 3. The molecular formula is C13H15Br2N3O3. The van der Waals surface area contributed by atoms with Crippen molar-refractivity contribution in [3.8, 4) is 0 Å². The molecule has 2 rings (SSSR count). The van der Waals surface area contributed by atoms with Crippen molar-refractivity contribution >= 4 is 49.4 Å². The van der Waals surface area contributed by atoms with Gasteiger partial charge in [0, 0.05) is 22.0 Å². The fourth-order valence-corrected chi connectivity index (χ4v) is 3.35. The molecule has 1 unspecified atom stereocenters. The molecule has 1 aromatic carbocycles. The molecule has 0 bridgehead atoms. The summed E-state index contributed by atoms with van der Waals surface area (Å²) in [5, 5.41) is 11.8. The van der Waals surface area contributed by atoms with Crippen LogP contribution in [0.4, 0.5) is 5.69 Å². The van der Waals surface area contributed by atoms with Gasteiger partial charge < -0.3 is 16.2 Å². The predicted molar refractivity (Wildman–Crippen MR) is 86.1 cm³/mol. The molecule has 0 saturated carbocycles. The molecule has 1 aromatic rings. The molecule has 1 atom stereocenters. The first-order valence-electron chi connectivity index (χ1n) is 6.30. The minimum absolute atomic E-state index is 0.120. The molecule has 0 radical (unpaired) electrons. The molecule has 114 valence electrons. The van der Waals surface area contributed by atoms with Gasteiger partial charge in [-0.3, -0.25) is 14.5 Å². The first-order valence-corrected chi connectivity index (χ1v) is 7.88. The third-order valence-corrected chi connectivity index (χ3v) is 4.53. The number of anilines is 1. The van der Waals surface area contributed by atoms with Gasteiger partial charge in [0.05, 0.1) is 12.2 Å². The van der Waals surface area contributed by atoms with Crippen LogP contribution in [0, 0.1) is 0 Å². The number of carboxylic acids is 1. The van der Waals surface area contributed by atoms with E-state index in [-0.39, 0.29) is 19.0 Å². The molecule has 1 heterocycles. The van der Waals surface area contributed by atoms with Crippen molar-refractivity contribution in [1.82, 2.24) is 4.90 Å². The maximum Gasteiger partial charge on any atom is 0.325 e. The van der Waals surface area contributed by atoms with Gasteiger partial charge in [0.25, 0.3) is 0 Å². The number of amides is 1. The number of nitrogens with zero attached hydrogens (tertiary/aromatic N) is 1. The summed E-state index contributed by atoms with van der Waals surface area (Å²) in [4.78, 5) is 24.8. The van der Waals surface area contributed by atoms with Crippen molar-refractivity contribution in [2.75, 3.05) is 25.0 Å². The van der Waals surface area contributed by atoms with Crippen LogP contribution < -0.4 is 11.1 Å². The van der Waals surface area contributed by atoms with Crippen LogP contribution in [0.1, 0.15) is 6.42 Å². The molecule has 4 N–H and O–H groups in total. The average Bonchev–Trinajstić information content (AvgIpc) is 2.76. The summed E-state index contributed by atoms with van der Waals surface area (Å²) in [6.45, 7) is 0.795. The van der Waals surface area contributed by atoms with E-state index in [2.05, 4.69) is 37.2 Å². The molecule has 0 spiro atoms. The molecule has 6 nitrogen and oxygen atoms in total. The Labute approximate surface area is 138 Å². The van der Waals surface area contributed by atoms with Gasteiger partial charge in [0.1, 0.15) is 5.54 Å². The van der Waals surface area contributed by atoms with Crippen LogP contribution in [0.5, 0.6) is 0 Å². The topological polar surface area (TPSA) is 95.7 Å². The number of aliphatic carboxylic acids is 1. The van der Waals surface area contributed by atoms with Gasteiger partial charge >= 0.3 is 5.97 Å². The van der Waals surface area contributed by atoms with E-state index in [4.69, 9.17) is 10.8 Å². The van der Waals surface area contributed by atoms with E-state index in [9.17, 15) is 9.59 Å². The van der Waals surface area contributed by atoms with Crippen LogP contribution in [-0.2, 0) is 9.59 Å². The number of carboxylic acid groups (broad SMARTS) is 1. The van der Waals surface area contributed by atoms with Crippen LogP contribution in [-0.4, -0.2) is 47.1 Å². The molecule has 8 heteroatoms. The highest BCUT2D eigenvalue weighted by molar-refractivity contribution is 9.11. The zero-order chi connectivity index (χ0) is 15.6. The summed E-state index contributed by atoms with van der Waals surface area (Å²) >= 11 is 6.71. The molecule has 0 aliphatic carbocycles. The largest absolute Gasteiger partial charge is 0.480 e. The Morgan fingerprint density at radius 3 is 2.71 bits per heavy atom. The van der Waals surface area contributed by atoms with E-state index in [1.807, 2.05) is 12.1 Å². The quantitative estimate of drug-likeness (QED) is 0.688. The van der Waals surface area contributed by atoms with Crippen LogP contribution in [0.15, 0.2) is 27.1 Å². The van der Waals surface area contributed by atoms with Gasteiger partial charge in [-0.2, -0.15) is 0 Å². The van der Waals surface area contributed by atoms with Crippen LogP contribution in [0.25, 0.3) is 0 Å². The first kappa shape index (κ1) is 16.4. The van der Waals surface area contributed by atoms with Crippen molar-refractivity contribution in [1.29, 1.82) is 0 Å². The molecule has 1 fully saturated rings. The molecular weight excluding hydrogens is 406 g/mol.